The second-order valence-corrected chi connectivity index (χ2v) is 8.83. The Labute approximate surface area is 175 Å². The highest BCUT2D eigenvalue weighted by Crippen LogP contribution is 2.63. The van der Waals surface area contributed by atoms with Gasteiger partial charge in [-0.3, -0.25) is 9.59 Å². The molecule has 5 nitrogen and oxygen atoms in total. The first-order valence-electron chi connectivity index (χ1n) is 10.5. The topological polar surface area (TPSA) is 75.6 Å². The lowest BCUT2D eigenvalue weighted by Gasteiger charge is -2.41. The number of aliphatic carboxylic acids is 1. The van der Waals surface area contributed by atoms with Crippen molar-refractivity contribution in [2.75, 3.05) is 5.32 Å². The minimum absolute atomic E-state index is 0.0126. The zero-order valence-corrected chi connectivity index (χ0v) is 17.0. The van der Waals surface area contributed by atoms with Gasteiger partial charge in [0.05, 0.1) is 11.8 Å². The fraction of sp³-hybridized carbons (Fsp3) is 0.360. The number of ether oxygens (including phenoxy) is 1. The van der Waals surface area contributed by atoms with E-state index in [0.29, 0.717) is 23.3 Å². The Kier molecular flexibility index (Phi) is 4.42. The molecule has 0 aromatic heterocycles. The van der Waals surface area contributed by atoms with Crippen molar-refractivity contribution >= 4 is 17.6 Å². The van der Waals surface area contributed by atoms with Crippen LogP contribution in [0.1, 0.15) is 17.5 Å². The van der Waals surface area contributed by atoms with Gasteiger partial charge in [0.25, 0.3) is 0 Å². The maximum absolute atomic E-state index is 13.1. The number of rotatable bonds is 5. The maximum Gasteiger partial charge on any atom is 0.307 e. The van der Waals surface area contributed by atoms with Gasteiger partial charge in [-0.05, 0) is 79.3 Å². The number of nitrogens with one attached hydrogen (secondary N) is 1. The first-order chi connectivity index (χ1) is 14.4. The Morgan fingerprint density at radius 1 is 0.933 bits per heavy atom. The summed E-state index contributed by atoms with van der Waals surface area (Å²) in [5.41, 5.74) is 2.77. The first-order valence-corrected chi connectivity index (χ1v) is 10.5. The second-order valence-electron chi connectivity index (χ2n) is 8.83. The van der Waals surface area contributed by atoms with Gasteiger partial charge in [0.15, 0.2) is 0 Å². The van der Waals surface area contributed by atoms with E-state index in [1.54, 1.807) is 12.1 Å². The SMILES string of the molecule is Cc1cccc(C)c1Oc1ccc(NC(=O)[C@@H]2[C@@H]3C=C[C@H]([C@H]4C[C@H]34)[C@@H]2C(=O)O)cc1. The fourth-order valence-electron chi connectivity index (χ4n) is 5.48. The number of carboxylic acid groups (broad SMARTS) is 1. The number of aryl methyl sites for hydroxylation is 2. The van der Waals surface area contributed by atoms with Gasteiger partial charge in [-0.1, -0.05) is 30.4 Å². The average molecular weight is 403 g/mol. The molecule has 2 aromatic carbocycles. The molecule has 2 N–H and O–H groups in total. The molecule has 0 unspecified atom stereocenters. The van der Waals surface area contributed by atoms with Crippen molar-refractivity contribution in [1.29, 1.82) is 0 Å². The summed E-state index contributed by atoms with van der Waals surface area (Å²) in [6.45, 7) is 4.01. The van der Waals surface area contributed by atoms with Crippen molar-refractivity contribution in [3.05, 3.63) is 65.7 Å². The molecule has 0 radical (unpaired) electrons. The third kappa shape index (κ3) is 3.09. The van der Waals surface area contributed by atoms with Gasteiger partial charge in [0.1, 0.15) is 11.5 Å². The summed E-state index contributed by atoms with van der Waals surface area (Å²) in [5.74, 6) is 0.270. The molecule has 6 atom stereocenters. The molecule has 0 spiro atoms. The van der Waals surface area contributed by atoms with Crippen molar-refractivity contribution in [3.63, 3.8) is 0 Å². The molecule has 2 saturated carbocycles. The van der Waals surface area contributed by atoms with Crippen molar-refractivity contribution < 1.29 is 19.4 Å². The molecule has 2 aromatic rings. The van der Waals surface area contributed by atoms with E-state index in [2.05, 4.69) is 11.4 Å². The molecular weight excluding hydrogens is 378 g/mol. The lowest BCUT2D eigenvalue weighted by Crippen LogP contribution is -2.48. The van der Waals surface area contributed by atoms with E-state index in [9.17, 15) is 14.7 Å². The van der Waals surface area contributed by atoms with Gasteiger partial charge in [-0.25, -0.2) is 0 Å². The van der Waals surface area contributed by atoms with Gasteiger partial charge in [-0.2, -0.15) is 0 Å². The van der Waals surface area contributed by atoms with Crippen LogP contribution in [0.25, 0.3) is 0 Å². The highest BCUT2D eigenvalue weighted by molar-refractivity contribution is 5.96. The number of hydrogen-bond acceptors (Lipinski definition) is 3. The summed E-state index contributed by atoms with van der Waals surface area (Å²) >= 11 is 0. The van der Waals surface area contributed by atoms with E-state index in [-0.39, 0.29) is 17.7 Å². The van der Waals surface area contributed by atoms with E-state index in [1.807, 2.05) is 50.3 Å². The van der Waals surface area contributed by atoms with Crippen LogP contribution in [-0.2, 0) is 9.59 Å². The molecule has 0 aliphatic heterocycles. The zero-order valence-electron chi connectivity index (χ0n) is 17.0. The lowest BCUT2D eigenvalue weighted by atomic mass is 9.62. The third-order valence-electron chi connectivity index (χ3n) is 6.99. The number of anilines is 1. The van der Waals surface area contributed by atoms with Crippen molar-refractivity contribution in [1.82, 2.24) is 0 Å². The smallest absolute Gasteiger partial charge is 0.307 e. The Morgan fingerprint density at radius 2 is 1.53 bits per heavy atom. The molecule has 5 heteroatoms. The quantitative estimate of drug-likeness (QED) is 0.703. The van der Waals surface area contributed by atoms with Gasteiger partial charge >= 0.3 is 5.97 Å². The number of benzene rings is 2. The molecule has 4 aliphatic carbocycles. The normalized spacial score (nSPS) is 30.5. The summed E-state index contributed by atoms with van der Waals surface area (Å²) in [7, 11) is 0. The van der Waals surface area contributed by atoms with Crippen LogP contribution >= 0.6 is 0 Å². The van der Waals surface area contributed by atoms with Crippen LogP contribution in [0.3, 0.4) is 0 Å². The Balaban J connectivity index is 1.31. The predicted molar refractivity (Wildman–Crippen MR) is 113 cm³/mol. The third-order valence-corrected chi connectivity index (χ3v) is 6.99. The monoisotopic (exact) mass is 403 g/mol. The van der Waals surface area contributed by atoms with Crippen LogP contribution in [0.5, 0.6) is 11.5 Å². The number of allylic oxidation sites excluding steroid dienone is 2. The molecule has 6 rings (SSSR count). The van der Waals surface area contributed by atoms with Crippen LogP contribution in [0.15, 0.2) is 54.6 Å². The highest BCUT2D eigenvalue weighted by Gasteiger charge is 2.62. The van der Waals surface area contributed by atoms with E-state index in [1.165, 1.54) is 0 Å². The van der Waals surface area contributed by atoms with E-state index in [4.69, 9.17) is 4.74 Å². The minimum Gasteiger partial charge on any atom is -0.481 e. The number of amides is 1. The van der Waals surface area contributed by atoms with E-state index in [0.717, 1.165) is 23.3 Å². The molecule has 154 valence electrons. The molecular formula is C25H25NO4. The minimum atomic E-state index is -0.864. The fourth-order valence-corrected chi connectivity index (χ4v) is 5.48. The second kappa shape index (κ2) is 7.01. The number of carbonyl (C=O) groups excluding carboxylic acids is 1. The van der Waals surface area contributed by atoms with Gasteiger partial charge in [-0.15, -0.1) is 0 Å². The Hall–Kier alpha value is -3.08. The molecule has 30 heavy (non-hydrogen) atoms. The van der Waals surface area contributed by atoms with Gasteiger partial charge < -0.3 is 15.2 Å². The van der Waals surface area contributed by atoms with Crippen molar-refractivity contribution in [2.24, 2.45) is 35.5 Å². The molecule has 0 saturated heterocycles. The lowest BCUT2D eigenvalue weighted by molar-refractivity contribution is -0.152. The number of hydrogen-bond donors (Lipinski definition) is 2. The number of para-hydroxylation sites is 1. The largest absolute Gasteiger partial charge is 0.481 e. The number of carboxylic acids is 1. The Morgan fingerprint density at radius 3 is 2.13 bits per heavy atom. The molecule has 4 aliphatic rings. The number of fused-ring (bicyclic) bond motifs is 1. The van der Waals surface area contributed by atoms with E-state index < -0.39 is 17.8 Å². The van der Waals surface area contributed by atoms with Crippen LogP contribution in [-0.4, -0.2) is 17.0 Å². The predicted octanol–water partition coefficient (Wildman–Crippen LogP) is 4.80. The van der Waals surface area contributed by atoms with Crippen LogP contribution in [0.4, 0.5) is 5.69 Å². The molecule has 2 fully saturated rings. The van der Waals surface area contributed by atoms with Crippen LogP contribution in [0, 0.1) is 49.4 Å². The van der Waals surface area contributed by atoms with Gasteiger partial charge in [0.2, 0.25) is 5.91 Å². The zero-order chi connectivity index (χ0) is 21.0. The summed E-state index contributed by atoms with van der Waals surface area (Å²) in [6.07, 6.45) is 5.14. The van der Waals surface area contributed by atoms with Gasteiger partial charge in [0, 0.05) is 5.69 Å². The van der Waals surface area contributed by atoms with Crippen molar-refractivity contribution in [3.8, 4) is 11.5 Å². The first kappa shape index (κ1) is 18.9. The van der Waals surface area contributed by atoms with Crippen molar-refractivity contribution in [2.45, 2.75) is 20.3 Å². The summed E-state index contributed by atoms with van der Waals surface area (Å²) in [6, 6.07) is 13.2. The summed E-state index contributed by atoms with van der Waals surface area (Å²) < 4.78 is 6.03. The molecule has 0 heterocycles. The highest BCUT2D eigenvalue weighted by atomic mass is 16.5. The summed E-state index contributed by atoms with van der Waals surface area (Å²) in [4.78, 5) is 25.0. The van der Waals surface area contributed by atoms with Crippen LogP contribution in [0.2, 0.25) is 0 Å². The standard InChI is InChI=1S/C25H25NO4/c1-13-4-3-5-14(2)23(13)30-16-8-6-15(7-9-16)26-24(27)21-17-10-11-18(20-12-19(17)20)22(21)25(28)29/h3-11,17-22H,12H2,1-2H3,(H,26,27)(H,28,29)/t17-,18-,19-,20-,21-,22+/m1/s1. The molecule has 2 bridgehead atoms. The average Bonchev–Trinajstić information content (AvgIpc) is 3.54. The van der Waals surface area contributed by atoms with Crippen LogP contribution < -0.4 is 10.1 Å². The number of carbonyl (C=O) groups is 2. The maximum atomic E-state index is 13.1. The van der Waals surface area contributed by atoms with E-state index >= 15 is 0 Å². The molecule has 1 amide bonds. The summed E-state index contributed by atoms with van der Waals surface area (Å²) in [5, 5.41) is 12.7. The Bertz CT molecular complexity index is 1020.